The molecule has 6 nitrogen and oxygen atoms in total. The van der Waals surface area contributed by atoms with Crippen molar-refractivity contribution >= 4 is 0 Å². The van der Waals surface area contributed by atoms with E-state index in [-0.39, 0.29) is 17.6 Å². The Labute approximate surface area is 163 Å². The van der Waals surface area contributed by atoms with Gasteiger partial charge >= 0.3 is 0 Å². The highest BCUT2D eigenvalue weighted by Gasteiger charge is 2.30. The molecule has 1 aliphatic rings. The summed E-state index contributed by atoms with van der Waals surface area (Å²) < 4.78 is 8.12. The molecule has 0 radical (unpaired) electrons. The third-order valence-electron chi connectivity index (χ3n) is 4.74. The summed E-state index contributed by atoms with van der Waals surface area (Å²) in [6.07, 6.45) is 3.51. The summed E-state index contributed by atoms with van der Waals surface area (Å²) in [5.74, 6) is 0.740. The average molecular weight is 372 g/mol. The van der Waals surface area contributed by atoms with Crippen LogP contribution in [0.3, 0.4) is 0 Å². The number of hydrogen-bond donors (Lipinski definition) is 2. The minimum atomic E-state index is -0.0735. The molecule has 0 aliphatic carbocycles. The first-order chi connectivity index (χ1) is 13.7. The molecule has 0 bridgehead atoms. The fourth-order valence-electron chi connectivity index (χ4n) is 3.32. The predicted octanol–water partition coefficient (Wildman–Crippen LogP) is 2.36. The Morgan fingerprint density at radius 3 is 2.64 bits per heavy atom. The molecule has 2 N–H and O–H groups in total. The van der Waals surface area contributed by atoms with E-state index in [2.05, 4.69) is 35.1 Å². The number of nitrogens with zero attached hydrogens (tertiary/aromatic N) is 2. The van der Waals surface area contributed by atoms with Gasteiger partial charge in [0.25, 0.3) is 0 Å². The summed E-state index contributed by atoms with van der Waals surface area (Å²) >= 11 is 0. The standard InChI is InChI=1S/C22H20N4O2/c23-13-16-4-6-20(7-5-16)28-21-14-24-25-22(21)18-3-1-2-17(12-18)15-26-10-8-19(27)9-11-26/h1-12,21-22,24-25H,14-15H2. The topological polar surface area (TPSA) is 79.1 Å². The number of hydrogen-bond acceptors (Lipinski definition) is 5. The van der Waals surface area contributed by atoms with E-state index < -0.39 is 0 Å². The Morgan fingerprint density at radius 1 is 1.11 bits per heavy atom. The van der Waals surface area contributed by atoms with Crippen LogP contribution in [0.5, 0.6) is 5.75 Å². The van der Waals surface area contributed by atoms with Gasteiger partial charge in [0.1, 0.15) is 11.9 Å². The van der Waals surface area contributed by atoms with E-state index in [1.54, 1.807) is 36.7 Å². The van der Waals surface area contributed by atoms with Crippen LogP contribution in [0.15, 0.2) is 77.9 Å². The minimum Gasteiger partial charge on any atom is -0.487 e. The third kappa shape index (κ3) is 4.12. The van der Waals surface area contributed by atoms with Gasteiger partial charge in [0.2, 0.25) is 0 Å². The van der Waals surface area contributed by atoms with Crippen LogP contribution in [-0.2, 0) is 6.54 Å². The number of nitriles is 1. The highest BCUT2D eigenvalue weighted by molar-refractivity contribution is 5.35. The minimum absolute atomic E-state index is 0.00427. The second kappa shape index (κ2) is 8.09. The van der Waals surface area contributed by atoms with Gasteiger partial charge in [-0.25, -0.2) is 5.43 Å². The van der Waals surface area contributed by atoms with Crippen molar-refractivity contribution in [2.45, 2.75) is 18.7 Å². The summed E-state index contributed by atoms with van der Waals surface area (Å²) in [5.41, 5.74) is 9.35. The van der Waals surface area contributed by atoms with Crippen molar-refractivity contribution in [3.8, 4) is 11.8 Å². The summed E-state index contributed by atoms with van der Waals surface area (Å²) in [6.45, 7) is 1.37. The van der Waals surface area contributed by atoms with Gasteiger partial charge < -0.3 is 9.30 Å². The number of benzene rings is 2. The largest absolute Gasteiger partial charge is 0.487 e. The molecule has 0 amide bonds. The molecule has 6 heteroatoms. The number of hydrazine groups is 1. The van der Waals surface area contributed by atoms with Crippen molar-refractivity contribution in [2.24, 2.45) is 0 Å². The first kappa shape index (κ1) is 18.0. The number of rotatable bonds is 5. The van der Waals surface area contributed by atoms with E-state index in [1.807, 2.05) is 22.8 Å². The zero-order chi connectivity index (χ0) is 19.3. The second-order valence-corrected chi connectivity index (χ2v) is 6.75. The van der Waals surface area contributed by atoms with Crippen LogP contribution in [0.1, 0.15) is 22.7 Å². The first-order valence-corrected chi connectivity index (χ1v) is 9.11. The predicted molar refractivity (Wildman–Crippen MR) is 106 cm³/mol. The van der Waals surface area contributed by atoms with E-state index >= 15 is 0 Å². The molecule has 2 atom stereocenters. The van der Waals surface area contributed by atoms with Crippen LogP contribution in [0.2, 0.25) is 0 Å². The molecule has 0 saturated carbocycles. The molecular weight excluding hydrogens is 352 g/mol. The maximum Gasteiger partial charge on any atom is 0.181 e. The van der Waals surface area contributed by atoms with Crippen molar-refractivity contribution in [1.29, 1.82) is 5.26 Å². The zero-order valence-electron chi connectivity index (χ0n) is 15.2. The molecule has 1 fully saturated rings. The highest BCUT2D eigenvalue weighted by Crippen LogP contribution is 2.25. The number of nitrogens with one attached hydrogen (secondary N) is 2. The van der Waals surface area contributed by atoms with Crippen LogP contribution < -0.4 is 21.0 Å². The molecule has 1 saturated heterocycles. The molecule has 1 aliphatic heterocycles. The summed E-state index contributed by atoms with van der Waals surface area (Å²) in [4.78, 5) is 11.3. The van der Waals surface area contributed by atoms with Crippen LogP contribution in [-0.4, -0.2) is 17.2 Å². The van der Waals surface area contributed by atoms with Crippen molar-refractivity contribution < 1.29 is 4.74 Å². The van der Waals surface area contributed by atoms with Gasteiger partial charge in [0, 0.05) is 37.6 Å². The van der Waals surface area contributed by atoms with E-state index in [1.165, 1.54) is 0 Å². The Hall–Kier alpha value is -3.40. The maximum absolute atomic E-state index is 11.3. The van der Waals surface area contributed by atoms with Crippen LogP contribution in [0.25, 0.3) is 0 Å². The number of aromatic nitrogens is 1. The Bertz CT molecular complexity index is 1030. The lowest BCUT2D eigenvalue weighted by Gasteiger charge is -2.21. The van der Waals surface area contributed by atoms with Gasteiger partial charge in [-0.05, 0) is 35.4 Å². The van der Waals surface area contributed by atoms with Gasteiger partial charge in [0.15, 0.2) is 5.43 Å². The molecule has 28 heavy (non-hydrogen) atoms. The van der Waals surface area contributed by atoms with Crippen molar-refractivity contribution in [1.82, 2.24) is 15.4 Å². The van der Waals surface area contributed by atoms with E-state index in [9.17, 15) is 4.79 Å². The Kier molecular flexibility index (Phi) is 5.20. The average Bonchev–Trinajstić information content (AvgIpc) is 3.19. The molecule has 4 rings (SSSR count). The lowest BCUT2D eigenvalue weighted by atomic mass is 10.0. The zero-order valence-corrected chi connectivity index (χ0v) is 15.2. The summed E-state index contributed by atoms with van der Waals surface area (Å²) in [5, 5.41) is 8.92. The lowest BCUT2D eigenvalue weighted by Crippen LogP contribution is -2.28. The molecule has 2 aromatic carbocycles. The van der Waals surface area contributed by atoms with E-state index in [4.69, 9.17) is 10.00 Å². The number of ether oxygens (including phenoxy) is 1. The Balaban J connectivity index is 1.49. The van der Waals surface area contributed by atoms with E-state index in [0.717, 1.165) is 16.9 Å². The van der Waals surface area contributed by atoms with Crippen molar-refractivity contribution in [3.63, 3.8) is 0 Å². The van der Waals surface area contributed by atoms with Gasteiger partial charge in [-0.3, -0.25) is 10.2 Å². The molecule has 140 valence electrons. The second-order valence-electron chi connectivity index (χ2n) is 6.75. The van der Waals surface area contributed by atoms with Crippen molar-refractivity contribution in [2.75, 3.05) is 6.54 Å². The maximum atomic E-state index is 11.3. The van der Waals surface area contributed by atoms with Crippen LogP contribution in [0, 0.1) is 11.3 Å². The van der Waals surface area contributed by atoms with Crippen LogP contribution in [0.4, 0.5) is 0 Å². The van der Waals surface area contributed by atoms with Gasteiger partial charge in [0.05, 0.1) is 17.7 Å². The Morgan fingerprint density at radius 2 is 1.89 bits per heavy atom. The molecule has 3 aromatic rings. The summed E-state index contributed by atoms with van der Waals surface area (Å²) in [7, 11) is 0. The normalized spacial score (nSPS) is 18.5. The molecule has 1 aromatic heterocycles. The smallest absolute Gasteiger partial charge is 0.181 e. The molecule has 0 spiro atoms. The van der Waals surface area contributed by atoms with Crippen molar-refractivity contribution in [3.05, 3.63) is 100.0 Å². The van der Waals surface area contributed by atoms with Gasteiger partial charge in [-0.15, -0.1) is 0 Å². The van der Waals surface area contributed by atoms with E-state index in [0.29, 0.717) is 18.7 Å². The van der Waals surface area contributed by atoms with Crippen LogP contribution >= 0.6 is 0 Å². The quantitative estimate of drug-likeness (QED) is 0.719. The fourth-order valence-corrected chi connectivity index (χ4v) is 3.32. The lowest BCUT2D eigenvalue weighted by molar-refractivity contribution is 0.197. The fraction of sp³-hybridized carbons (Fsp3) is 0.182. The molecular formula is C22H20N4O2. The molecule has 2 unspecified atom stereocenters. The SMILES string of the molecule is N#Cc1ccc(OC2CNNC2c2cccc(Cn3ccc(=O)cc3)c2)cc1. The van der Waals surface area contributed by atoms with Gasteiger partial charge in [-0.1, -0.05) is 24.3 Å². The third-order valence-corrected chi connectivity index (χ3v) is 4.74. The molecule has 2 heterocycles. The monoisotopic (exact) mass is 372 g/mol. The highest BCUT2D eigenvalue weighted by atomic mass is 16.5. The summed E-state index contributed by atoms with van der Waals surface area (Å²) in [6, 6.07) is 20.7. The number of pyridine rings is 1. The van der Waals surface area contributed by atoms with Gasteiger partial charge in [-0.2, -0.15) is 5.26 Å². The first-order valence-electron chi connectivity index (χ1n) is 9.11.